The third-order valence-corrected chi connectivity index (χ3v) is 3.48. The van der Waals surface area contributed by atoms with Crippen LogP contribution in [0.1, 0.15) is 24.2 Å². The van der Waals surface area contributed by atoms with Crippen LogP contribution in [-0.4, -0.2) is 16.3 Å². The van der Waals surface area contributed by atoms with E-state index in [0.717, 1.165) is 17.8 Å². The summed E-state index contributed by atoms with van der Waals surface area (Å²) in [6, 6.07) is 7.07. The van der Waals surface area contributed by atoms with E-state index in [9.17, 15) is 4.39 Å². The first-order chi connectivity index (χ1) is 8.63. The van der Waals surface area contributed by atoms with Crippen molar-refractivity contribution in [3.8, 4) is 0 Å². The summed E-state index contributed by atoms with van der Waals surface area (Å²) in [7, 11) is 1.88. The lowest BCUT2D eigenvalue weighted by Crippen LogP contribution is -2.24. The van der Waals surface area contributed by atoms with Gasteiger partial charge in [0.25, 0.3) is 0 Å². The minimum atomic E-state index is -0.252. The zero-order valence-electron chi connectivity index (χ0n) is 10.3. The highest BCUT2D eigenvalue weighted by molar-refractivity contribution is 9.10. The van der Waals surface area contributed by atoms with E-state index >= 15 is 0 Å². The van der Waals surface area contributed by atoms with Gasteiger partial charge < -0.3 is 5.32 Å². The molecule has 2 rings (SSSR count). The second kappa shape index (κ2) is 5.63. The maximum atomic E-state index is 13.6. The molecule has 18 heavy (non-hydrogen) atoms. The normalized spacial score (nSPS) is 12.7. The zero-order valence-corrected chi connectivity index (χ0v) is 11.9. The fourth-order valence-electron chi connectivity index (χ4n) is 1.96. The molecule has 0 aliphatic rings. The first kappa shape index (κ1) is 13.2. The monoisotopic (exact) mass is 311 g/mol. The van der Waals surface area contributed by atoms with Crippen molar-refractivity contribution in [2.45, 2.75) is 13.0 Å². The van der Waals surface area contributed by atoms with Gasteiger partial charge in [-0.25, -0.2) is 4.39 Å². The molecule has 96 valence electrons. The standard InChI is InChI=1S/C13H15BrFN3/c1-3-16-13(12-6-7-17-18(12)2)9-4-5-10(14)11(15)8-9/h4-8,13,16H,3H2,1-2H3. The van der Waals surface area contributed by atoms with E-state index in [1.165, 1.54) is 0 Å². The number of aromatic nitrogens is 2. The van der Waals surface area contributed by atoms with Gasteiger partial charge in [0.15, 0.2) is 0 Å². The highest BCUT2D eigenvalue weighted by Gasteiger charge is 2.17. The van der Waals surface area contributed by atoms with E-state index in [0.29, 0.717) is 4.47 Å². The summed E-state index contributed by atoms with van der Waals surface area (Å²) in [5.41, 5.74) is 1.90. The summed E-state index contributed by atoms with van der Waals surface area (Å²) in [6.45, 7) is 2.83. The molecule has 0 aliphatic heterocycles. The molecule has 3 nitrogen and oxygen atoms in total. The summed E-state index contributed by atoms with van der Waals surface area (Å²) < 4.78 is 15.9. The van der Waals surface area contributed by atoms with Crippen LogP contribution in [0.25, 0.3) is 0 Å². The van der Waals surface area contributed by atoms with Gasteiger partial charge in [-0.2, -0.15) is 5.10 Å². The second-order valence-corrected chi connectivity index (χ2v) is 4.90. The summed E-state index contributed by atoms with van der Waals surface area (Å²) in [6.07, 6.45) is 1.74. The Bertz CT molecular complexity index is 539. The lowest BCUT2D eigenvalue weighted by molar-refractivity contribution is 0.563. The number of rotatable bonds is 4. The van der Waals surface area contributed by atoms with E-state index in [1.807, 2.05) is 26.1 Å². The Balaban J connectivity index is 2.41. The van der Waals surface area contributed by atoms with Gasteiger partial charge in [0.2, 0.25) is 0 Å². The molecule has 1 unspecified atom stereocenters. The maximum absolute atomic E-state index is 13.6. The molecule has 0 fully saturated rings. The number of hydrogen-bond donors (Lipinski definition) is 1. The van der Waals surface area contributed by atoms with Crippen molar-refractivity contribution in [2.75, 3.05) is 6.54 Å². The van der Waals surface area contributed by atoms with Crippen LogP contribution in [-0.2, 0) is 7.05 Å². The predicted molar refractivity (Wildman–Crippen MR) is 72.8 cm³/mol. The zero-order chi connectivity index (χ0) is 13.1. The van der Waals surface area contributed by atoms with Gasteiger partial charge in [0, 0.05) is 13.2 Å². The van der Waals surface area contributed by atoms with Crippen molar-refractivity contribution >= 4 is 15.9 Å². The van der Waals surface area contributed by atoms with Gasteiger partial charge >= 0.3 is 0 Å². The minimum absolute atomic E-state index is 0.0508. The molecule has 0 radical (unpaired) electrons. The number of halogens is 2. The van der Waals surface area contributed by atoms with Crippen LogP contribution in [0.2, 0.25) is 0 Å². The highest BCUT2D eigenvalue weighted by atomic mass is 79.9. The number of benzene rings is 1. The second-order valence-electron chi connectivity index (χ2n) is 4.04. The van der Waals surface area contributed by atoms with Crippen LogP contribution in [0.15, 0.2) is 34.9 Å². The van der Waals surface area contributed by atoms with E-state index in [4.69, 9.17) is 0 Å². The summed E-state index contributed by atoms with van der Waals surface area (Å²) >= 11 is 3.17. The van der Waals surface area contributed by atoms with Gasteiger partial charge in [-0.1, -0.05) is 13.0 Å². The van der Waals surface area contributed by atoms with Crippen LogP contribution >= 0.6 is 15.9 Å². The molecule has 0 saturated heterocycles. The van der Waals surface area contributed by atoms with Crippen molar-refractivity contribution in [2.24, 2.45) is 7.05 Å². The molecule has 1 aromatic carbocycles. The minimum Gasteiger partial charge on any atom is -0.305 e. The molecule has 0 bridgehead atoms. The Morgan fingerprint density at radius 2 is 2.22 bits per heavy atom. The summed E-state index contributed by atoms with van der Waals surface area (Å²) in [4.78, 5) is 0. The first-order valence-electron chi connectivity index (χ1n) is 5.79. The fraction of sp³-hybridized carbons (Fsp3) is 0.308. The third kappa shape index (κ3) is 2.62. The summed E-state index contributed by atoms with van der Waals surface area (Å²) in [5.74, 6) is -0.252. The molecule has 0 saturated carbocycles. The summed E-state index contributed by atoms with van der Waals surface area (Å²) in [5, 5.41) is 7.50. The number of nitrogens with zero attached hydrogens (tertiary/aromatic N) is 2. The highest BCUT2D eigenvalue weighted by Crippen LogP contribution is 2.25. The average molecular weight is 312 g/mol. The molecule has 1 heterocycles. The lowest BCUT2D eigenvalue weighted by Gasteiger charge is -2.19. The SMILES string of the molecule is CCNC(c1ccc(Br)c(F)c1)c1ccnn1C. The van der Waals surface area contributed by atoms with Crippen LogP contribution in [0.3, 0.4) is 0 Å². The number of nitrogens with one attached hydrogen (secondary N) is 1. The maximum Gasteiger partial charge on any atom is 0.137 e. The van der Waals surface area contributed by atoms with Crippen LogP contribution < -0.4 is 5.32 Å². The van der Waals surface area contributed by atoms with Gasteiger partial charge in [0.1, 0.15) is 5.82 Å². The van der Waals surface area contributed by atoms with Crippen molar-refractivity contribution in [1.29, 1.82) is 0 Å². The van der Waals surface area contributed by atoms with Gasteiger partial charge in [-0.3, -0.25) is 4.68 Å². The molecule has 0 spiro atoms. The van der Waals surface area contributed by atoms with Crippen LogP contribution in [0, 0.1) is 5.82 Å². The Labute approximate surface area is 114 Å². The van der Waals surface area contributed by atoms with Gasteiger partial charge in [-0.15, -0.1) is 0 Å². The smallest absolute Gasteiger partial charge is 0.137 e. The Kier molecular flexibility index (Phi) is 4.14. The number of aryl methyl sites for hydroxylation is 1. The first-order valence-corrected chi connectivity index (χ1v) is 6.59. The topological polar surface area (TPSA) is 29.9 Å². The fourth-order valence-corrected chi connectivity index (χ4v) is 2.20. The van der Waals surface area contributed by atoms with E-state index in [2.05, 4.69) is 26.3 Å². The molecule has 1 N–H and O–H groups in total. The van der Waals surface area contributed by atoms with Gasteiger partial charge in [-0.05, 0) is 46.2 Å². The molecule has 2 aromatic rings. The van der Waals surface area contributed by atoms with Crippen molar-refractivity contribution in [1.82, 2.24) is 15.1 Å². The molecule has 1 aromatic heterocycles. The quantitative estimate of drug-likeness (QED) is 0.940. The molecule has 0 amide bonds. The van der Waals surface area contributed by atoms with E-state index < -0.39 is 0 Å². The largest absolute Gasteiger partial charge is 0.305 e. The molecular weight excluding hydrogens is 297 g/mol. The van der Waals surface area contributed by atoms with Crippen molar-refractivity contribution in [3.63, 3.8) is 0 Å². The Morgan fingerprint density at radius 3 is 2.78 bits per heavy atom. The number of hydrogen-bond acceptors (Lipinski definition) is 2. The van der Waals surface area contributed by atoms with Gasteiger partial charge in [0.05, 0.1) is 16.2 Å². The molecule has 1 atom stereocenters. The molecule has 5 heteroatoms. The van der Waals surface area contributed by atoms with E-state index in [-0.39, 0.29) is 11.9 Å². The van der Waals surface area contributed by atoms with E-state index in [1.54, 1.807) is 23.0 Å². The average Bonchev–Trinajstić information content (AvgIpc) is 2.76. The lowest BCUT2D eigenvalue weighted by atomic mass is 10.0. The van der Waals surface area contributed by atoms with Crippen LogP contribution in [0.4, 0.5) is 4.39 Å². The Morgan fingerprint density at radius 1 is 1.44 bits per heavy atom. The Hall–Kier alpha value is -1.20. The van der Waals surface area contributed by atoms with Crippen molar-refractivity contribution in [3.05, 3.63) is 52.0 Å². The van der Waals surface area contributed by atoms with Crippen LogP contribution in [0.5, 0.6) is 0 Å². The predicted octanol–water partition coefficient (Wildman–Crippen LogP) is 3.02. The van der Waals surface area contributed by atoms with Crippen molar-refractivity contribution < 1.29 is 4.39 Å². The molecule has 0 aliphatic carbocycles. The molecular formula is C13H15BrFN3. The third-order valence-electron chi connectivity index (χ3n) is 2.84.